The van der Waals surface area contributed by atoms with Crippen LogP contribution in [-0.4, -0.2) is 49.4 Å². The van der Waals surface area contributed by atoms with Gasteiger partial charge in [-0.25, -0.2) is 9.97 Å². The molecule has 2 aliphatic heterocycles. The van der Waals surface area contributed by atoms with Crippen molar-refractivity contribution < 1.29 is 9.47 Å². The van der Waals surface area contributed by atoms with E-state index in [1.54, 1.807) is 29.0 Å². The average molecular weight is 415 g/mol. The van der Waals surface area contributed by atoms with Crippen LogP contribution < -0.4 is 9.80 Å². The molecule has 0 radical (unpaired) electrons. The normalized spacial score (nSPS) is 23.1. The van der Waals surface area contributed by atoms with E-state index in [1.165, 1.54) is 11.1 Å². The molecule has 5 heterocycles. The number of hydrogen-bond acceptors (Lipinski definition) is 8. The maximum atomic E-state index is 5.97. The molecule has 0 saturated carbocycles. The first kappa shape index (κ1) is 18.1. The quantitative estimate of drug-likeness (QED) is 0.648. The Morgan fingerprint density at radius 2 is 1.36 bits per heavy atom. The first-order valence-corrected chi connectivity index (χ1v) is 11.3. The van der Waals surface area contributed by atoms with E-state index in [1.807, 2.05) is 0 Å². The monoisotopic (exact) mass is 414 g/mol. The molecule has 0 bridgehead atoms. The summed E-state index contributed by atoms with van der Waals surface area (Å²) in [5.74, 6) is 1.93. The number of nitrogens with zero attached hydrogens (tertiary/aromatic N) is 4. The highest BCUT2D eigenvalue weighted by molar-refractivity contribution is 7.08. The fourth-order valence-electron chi connectivity index (χ4n) is 3.72. The van der Waals surface area contributed by atoms with E-state index in [9.17, 15) is 0 Å². The Labute approximate surface area is 172 Å². The van der Waals surface area contributed by atoms with Gasteiger partial charge in [0.05, 0.1) is 13.2 Å². The summed E-state index contributed by atoms with van der Waals surface area (Å²) in [6.07, 6.45) is 1.88. The van der Waals surface area contributed by atoms with Gasteiger partial charge in [-0.3, -0.25) is 0 Å². The molecule has 146 valence electrons. The summed E-state index contributed by atoms with van der Waals surface area (Å²) in [4.78, 5) is 13.7. The van der Waals surface area contributed by atoms with Crippen molar-refractivity contribution in [2.24, 2.45) is 0 Å². The third kappa shape index (κ3) is 3.77. The Morgan fingerprint density at radius 3 is 1.82 bits per heavy atom. The first-order chi connectivity index (χ1) is 13.9. The number of thiophene rings is 2. The number of rotatable bonds is 4. The van der Waals surface area contributed by atoms with Gasteiger partial charge in [0.15, 0.2) is 0 Å². The van der Waals surface area contributed by atoms with Crippen molar-refractivity contribution in [3.05, 3.63) is 57.2 Å². The number of hydrogen-bond donors (Lipinski definition) is 0. The van der Waals surface area contributed by atoms with Crippen molar-refractivity contribution in [3.63, 3.8) is 0 Å². The zero-order valence-corrected chi connectivity index (χ0v) is 17.1. The van der Waals surface area contributed by atoms with E-state index in [2.05, 4.69) is 59.5 Å². The molecule has 8 heteroatoms. The Morgan fingerprint density at radius 1 is 0.821 bits per heavy atom. The first-order valence-electron chi connectivity index (χ1n) is 9.46. The van der Waals surface area contributed by atoms with Gasteiger partial charge in [0, 0.05) is 32.2 Å². The van der Waals surface area contributed by atoms with Crippen molar-refractivity contribution in [1.82, 2.24) is 9.97 Å². The molecule has 6 nitrogen and oxygen atoms in total. The molecule has 0 aromatic carbocycles. The second kappa shape index (κ2) is 8.16. The van der Waals surface area contributed by atoms with E-state index in [0.717, 1.165) is 37.8 Å². The van der Waals surface area contributed by atoms with E-state index in [4.69, 9.17) is 9.47 Å². The van der Waals surface area contributed by atoms with Crippen molar-refractivity contribution in [2.45, 2.75) is 12.2 Å². The van der Waals surface area contributed by atoms with Crippen LogP contribution in [0.5, 0.6) is 0 Å². The molecule has 2 fully saturated rings. The lowest BCUT2D eigenvalue weighted by Gasteiger charge is -2.35. The van der Waals surface area contributed by atoms with Crippen LogP contribution in [0, 0.1) is 0 Å². The summed E-state index contributed by atoms with van der Waals surface area (Å²) >= 11 is 3.42. The van der Waals surface area contributed by atoms with Crippen LogP contribution in [0.3, 0.4) is 0 Å². The number of aromatic nitrogens is 2. The Bertz CT molecular complexity index is 818. The Balaban J connectivity index is 1.32. The summed E-state index contributed by atoms with van der Waals surface area (Å²) in [6.45, 7) is 4.73. The zero-order chi connectivity index (χ0) is 18.8. The predicted octanol–water partition coefficient (Wildman–Crippen LogP) is 3.76. The minimum absolute atomic E-state index is 0.102. The molecule has 0 N–H and O–H groups in total. The fourth-order valence-corrected chi connectivity index (χ4v) is 5.12. The van der Waals surface area contributed by atoms with Crippen LogP contribution in [0.4, 0.5) is 11.6 Å². The van der Waals surface area contributed by atoms with Crippen LogP contribution >= 0.6 is 22.7 Å². The lowest BCUT2D eigenvalue weighted by molar-refractivity contribution is 0.0394. The molecule has 0 spiro atoms. The minimum atomic E-state index is 0.102. The number of anilines is 2. The van der Waals surface area contributed by atoms with Crippen molar-refractivity contribution in [2.75, 3.05) is 49.2 Å². The van der Waals surface area contributed by atoms with E-state index < -0.39 is 0 Å². The molecule has 2 aliphatic rings. The molecule has 2 atom stereocenters. The van der Waals surface area contributed by atoms with Crippen molar-refractivity contribution in [1.29, 1.82) is 0 Å². The second-order valence-corrected chi connectivity index (χ2v) is 8.52. The molecule has 0 amide bonds. The van der Waals surface area contributed by atoms with Gasteiger partial charge in [-0.2, -0.15) is 22.7 Å². The van der Waals surface area contributed by atoms with Gasteiger partial charge in [-0.1, -0.05) is 0 Å². The number of ether oxygens (including phenoxy) is 2. The maximum absolute atomic E-state index is 5.97. The smallest absolute Gasteiger partial charge is 0.134 e. The SMILES string of the molecule is c1nc(N2CCOC(c3ccsc3)C2)cc(N2CCOC(c3ccsc3)C2)n1. The van der Waals surface area contributed by atoms with Crippen molar-refractivity contribution >= 4 is 34.3 Å². The highest BCUT2D eigenvalue weighted by Crippen LogP contribution is 2.30. The largest absolute Gasteiger partial charge is 0.370 e. The topological polar surface area (TPSA) is 50.7 Å². The summed E-state index contributed by atoms with van der Waals surface area (Å²) in [5.41, 5.74) is 2.49. The fraction of sp³-hybridized carbons (Fsp3) is 0.400. The highest BCUT2D eigenvalue weighted by Gasteiger charge is 2.26. The third-order valence-electron chi connectivity index (χ3n) is 5.25. The lowest BCUT2D eigenvalue weighted by atomic mass is 10.1. The molecule has 2 unspecified atom stereocenters. The van der Waals surface area contributed by atoms with Gasteiger partial charge in [0.2, 0.25) is 0 Å². The second-order valence-electron chi connectivity index (χ2n) is 6.96. The van der Waals surface area contributed by atoms with Crippen LogP contribution in [-0.2, 0) is 9.47 Å². The minimum Gasteiger partial charge on any atom is -0.370 e. The Hall–Kier alpha value is -2.00. The molecular weight excluding hydrogens is 392 g/mol. The standard InChI is InChI=1S/C20H22N4O2S2/c1-7-27-12-15(1)17-10-23(3-5-25-17)19-9-20(22-14-21-19)24-4-6-26-18(11-24)16-2-8-28-13-16/h1-2,7-9,12-14,17-18H,3-6,10-11H2. The van der Waals surface area contributed by atoms with E-state index in [0.29, 0.717) is 13.2 Å². The van der Waals surface area contributed by atoms with Crippen LogP contribution in [0.1, 0.15) is 23.3 Å². The van der Waals surface area contributed by atoms with E-state index >= 15 is 0 Å². The Kier molecular flexibility index (Phi) is 5.26. The molecule has 3 aromatic heterocycles. The van der Waals surface area contributed by atoms with Gasteiger partial charge in [0.25, 0.3) is 0 Å². The number of morpholine rings is 2. The van der Waals surface area contributed by atoms with Crippen molar-refractivity contribution in [3.8, 4) is 0 Å². The van der Waals surface area contributed by atoms with Gasteiger partial charge in [-0.05, 0) is 44.8 Å². The molecule has 5 rings (SSSR count). The summed E-state index contributed by atoms with van der Waals surface area (Å²) < 4.78 is 11.9. The molecule has 3 aromatic rings. The van der Waals surface area contributed by atoms with Gasteiger partial charge < -0.3 is 19.3 Å². The molecule has 2 saturated heterocycles. The summed E-state index contributed by atoms with van der Waals surface area (Å²) in [7, 11) is 0. The summed E-state index contributed by atoms with van der Waals surface area (Å²) in [5, 5.41) is 8.53. The van der Waals surface area contributed by atoms with E-state index in [-0.39, 0.29) is 12.2 Å². The summed E-state index contributed by atoms with van der Waals surface area (Å²) in [6, 6.07) is 6.39. The van der Waals surface area contributed by atoms with Crippen LogP contribution in [0.2, 0.25) is 0 Å². The lowest BCUT2D eigenvalue weighted by Crippen LogP contribution is -2.40. The maximum Gasteiger partial charge on any atom is 0.134 e. The van der Waals surface area contributed by atoms with Crippen LogP contribution in [0.25, 0.3) is 0 Å². The predicted molar refractivity (Wildman–Crippen MR) is 112 cm³/mol. The highest BCUT2D eigenvalue weighted by atomic mass is 32.1. The van der Waals surface area contributed by atoms with Gasteiger partial charge >= 0.3 is 0 Å². The molecule has 0 aliphatic carbocycles. The van der Waals surface area contributed by atoms with Crippen LogP contribution in [0.15, 0.2) is 46.0 Å². The van der Waals surface area contributed by atoms with Gasteiger partial charge in [0.1, 0.15) is 30.2 Å². The average Bonchev–Trinajstić information content (AvgIpc) is 3.48. The zero-order valence-electron chi connectivity index (χ0n) is 15.4. The third-order valence-corrected chi connectivity index (χ3v) is 6.65. The van der Waals surface area contributed by atoms with Gasteiger partial charge in [-0.15, -0.1) is 0 Å². The molecule has 28 heavy (non-hydrogen) atoms. The molecular formula is C20H22N4O2S2.